The fourth-order valence-corrected chi connectivity index (χ4v) is 3.69. The van der Waals surface area contributed by atoms with Crippen LogP contribution in [0, 0.1) is 11.3 Å². The quantitative estimate of drug-likeness (QED) is 0.618. The summed E-state index contributed by atoms with van der Waals surface area (Å²) in [4.78, 5) is 6.97. The van der Waals surface area contributed by atoms with E-state index >= 15 is 0 Å². The third kappa shape index (κ3) is 4.35. The minimum atomic E-state index is 0.461. The van der Waals surface area contributed by atoms with Gasteiger partial charge in [-0.25, -0.2) is 0 Å². The summed E-state index contributed by atoms with van der Waals surface area (Å²) in [6.07, 6.45) is 5.45. The molecule has 1 aliphatic carbocycles. The molecule has 2 N–H and O–H groups in total. The molecule has 2 rings (SSSR count). The van der Waals surface area contributed by atoms with Crippen LogP contribution in [0.4, 0.5) is 0 Å². The van der Waals surface area contributed by atoms with Crippen molar-refractivity contribution in [1.29, 1.82) is 0 Å². The Hall–Kier alpha value is -0.770. The zero-order chi connectivity index (χ0) is 15.5. The van der Waals surface area contributed by atoms with Crippen molar-refractivity contribution in [1.82, 2.24) is 15.5 Å². The van der Waals surface area contributed by atoms with Crippen LogP contribution in [-0.2, 0) is 0 Å². The summed E-state index contributed by atoms with van der Waals surface area (Å²) in [5.74, 6) is 1.65. The van der Waals surface area contributed by atoms with Crippen LogP contribution in [-0.4, -0.2) is 49.6 Å². The molecule has 0 aromatic rings. The van der Waals surface area contributed by atoms with Gasteiger partial charge in [0.15, 0.2) is 5.96 Å². The fourth-order valence-electron chi connectivity index (χ4n) is 3.69. The number of hydrogen-bond donors (Lipinski definition) is 2. The van der Waals surface area contributed by atoms with Gasteiger partial charge in [0, 0.05) is 38.8 Å². The normalized spacial score (nSPS) is 30.1. The molecule has 2 aliphatic rings. The summed E-state index contributed by atoms with van der Waals surface area (Å²) >= 11 is 0. The standard InChI is InChI=1S/C17H34N4/c1-13(2)21-10-14(3)15(11-21)20-16(18-5)19-12-17(4)8-6-7-9-17/h13-15H,6-12H2,1-5H3,(H2,18,19,20). The van der Waals surface area contributed by atoms with E-state index in [0.29, 0.717) is 23.4 Å². The fraction of sp³-hybridized carbons (Fsp3) is 0.941. The molecule has 0 aromatic heterocycles. The Morgan fingerprint density at radius 3 is 2.48 bits per heavy atom. The zero-order valence-electron chi connectivity index (χ0n) is 14.6. The Labute approximate surface area is 130 Å². The van der Waals surface area contributed by atoms with E-state index in [4.69, 9.17) is 0 Å². The molecule has 1 saturated carbocycles. The SMILES string of the molecule is CN=C(NCC1(C)CCCC1)NC1CN(C(C)C)CC1C. The third-order valence-corrected chi connectivity index (χ3v) is 5.41. The van der Waals surface area contributed by atoms with E-state index in [2.05, 4.69) is 48.2 Å². The van der Waals surface area contributed by atoms with Gasteiger partial charge in [-0.2, -0.15) is 0 Å². The number of nitrogens with one attached hydrogen (secondary N) is 2. The smallest absolute Gasteiger partial charge is 0.191 e. The molecule has 2 fully saturated rings. The van der Waals surface area contributed by atoms with Gasteiger partial charge in [-0.3, -0.25) is 9.89 Å². The predicted octanol–water partition coefficient (Wildman–Crippen LogP) is 2.46. The van der Waals surface area contributed by atoms with Crippen molar-refractivity contribution >= 4 is 5.96 Å². The monoisotopic (exact) mass is 294 g/mol. The molecule has 4 heteroatoms. The zero-order valence-corrected chi connectivity index (χ0v) is 14.6. The second-order valence-electron chi connectivity index (χ2n) is 7.72. The Morgan fingerprint density at radius 2 is 1.95 bits per heavy atom. The number of hydrogen-bond acceptors (Lipinski definition) is 2. The lowest BCUT2D eigenvalue weighted by molar-refractivity contribution is 0.265. The lowest BCUT2D eigenvalue weighted by atomic mass is 9.89. The predicted molar refractivity (Wildman–Crippen MR) is 90.7 cm³/mol. The molecule has 1 heterocycles. The van der Waals surface area contributed by atoms with E-state index < -0.39 is 0 Å². The maximum Gasteiger partial charge on any atom is 0.191 e. The second kappa shape index (κ2) is 6.99. The molecule has 21 heavy (non-hydrogen) atoms. The van der Waals surface area contributed by atoms with Gasteiger partial charge < -0.3 is 10.6 Å². The Kier molecular flexibility index (Phi) is 5.53. The molecule has 2 unspecified atom stereocenters. The summed E-state index contributed by atoms with van der Waals surface area (Å²) in [6.45, 7) is 12.7. The van der Waals surface area contributed by atoms with Crippen LogP contribution in [0.1, 0.15) is 53.4 Å². The molecule has 1 saturated heterocycles. The number of nitrogens with zero attached hydrogens (tertiary/aromatic N) is 2. The minimum Gasteiger partial charge on any atom is -0.356 e. The molecule has 1 aliphatic heterocycles. The second-order valence-corrected chi connectivity index (χ2v) is 7.72. The van der Waals surface area contributed by atoms with E-state index in [1.807, 2.05) is 7.05 Å². The van der Waals surface area contributed by atoms with Gasteiger partial charge >= 0.3 is 0 Å². The summed E-state index contributed by atoms with van der Waals surface area (Å²) in [5.41, 5.74) is 0.461. The van der Waals surface area contributed by atoms with Crippen LogP contribution < -0.4 is 10.6 Å². The molecular formula is C17H34N4. The number of rotatable bonds is 4. The van der Waals surface area contributed by atoms with Crippen LogP contribution in [0.2, 0.25) is 0 Å². The van der Waals surface area contributed by atoms with Gasteiger partial charge in [-0.15, -0.1) is 0 Å². The van der Waals surface area contributed by atoms with Gasteiger partial charge in [-0.05, 0) is 38.0 Å². The van der Waals surface area contributed by atoms with Gasteiger partial charge in [0.05, 0.1) is 0 Å². The van der Waals surface area contributed by atoms with Crippen LogP contribution in [0.5, 0.6) is 0 Å². The van der Waals surface area contributed by atoms with E-state index in [9.17, 15) is 0 Å². The third-order valence-electron chi connectivity index (χ3n) is 5.41. The first kappa shape index (κ1) is 16.6. The molecular weight excluding hydrogens is 260 g/mol. The van der Waals surface area contributed by atoms with Crippen LogP contribution in [0.3, 0.4) is 0 Å². The van der Waals surface area contributed by atoms with Gasteiger partial charge in [-0.1, -0.05) is 26.7 Å². The minimum absolute atomic E-state index is 0.461. The van der Waals surface area contributed by atoms with E-state index in [1.54, 1.807) is 0 Å². The van der Waals surface area contributed by atoms with Gasteiger partial charge in [0.1, 0.15) is 0 Å². The molecule has 0 amide bonds. The molecule has 0 bridgehead atoms. The van der Waals surface area contributed by atoms with Crippen LogP contribution in [0.25, 0.3) is 0 Å². The van der Waals surface area contributed by atoms with Crippen LogP contribution >= 0.6 is 0 Å². The topological polar surface area (TPSA) is 39.7 Å². The largest absolute Gasteiger partial charge is 0.356 e. The average molecular weight is 294 g/mol. The number of likely N-dealkylation sites (tertiary alicyclic amines) is 1. The summed E-state index contributed by atoms with van der Waals surface area (Å²) in [5, 5.41) is 7.20. The molecule has 122 valence electrons. The maximum absolute atomic E-state index is 4.42. The highest BCUT2D eigenvalue weighted by atomic mass is 15.3. The van der Waals surface area contributed by atoms with E-state index in [1.165, 1.54) is 32.2 Å². The number of guanidine groups is 1. The Morgan fingerprint density at radius 1 is 1.29 bits per heavy atom. The van der Waals surface area contributed by atoms with Gasteiger partial charge in [0.25, 0.3) is 0 Å². The molecule has 4 nitrogen and oxygen atoms in total. The number of aliphatic imine (C=N–C) groups is 1. The lowest BCUT2D eigenvalue weighted by Crippen LogP contribution is -2.48. The Bertz CT molecular complexity index is 358. The highest BCUT2D eigenvalue weighted by Gasteiger charge is 2.32. The van der Waals surface area contributed by atoms with Crippen molar-refractivity contribution in [3.05, 3.63) is 0 Å². The van der Waals surface area contributed by atoms with Crippen LogP contribution in [0.15, 0.2) is 4.99 Å². The van der Waals surface area contributed by atoms with Crippen molar-refractivity contribution in [2.75, 3.05) is 26.7 Å². The molecule has 2 atom stereocenters. The summed E-state index contributed by atoms with van der Waals surface area (Å²) < 4.78 is 0. The maximum atomic E-state index is 4.42. The van der Waals surface area contributed by atoms with E-state index in [0.717, 1.165) is 19.0 Å². The average Bonchev–Trinajstić information content (AvgIpc) is 3.02. The van der Waals surface area contributed by atoms with Crippen molar-refractivity contribution in [3.63, 3.8) is 0 Å². The van der Waals surface area contributed by atoms with Crippen molar-refractivity contribution in [2.45, 2.75) is 65.5 Å². The first-order valence-corrected chi connectivity index (χ1v) is 8.65. The summed E-state index contributed by atoms with van der Waals surface area (Å²) in [6, 6.07) is 1.14. The lowest BCUT2D eigenvalue weighted by Gasteiger charge is -2.27. The summed E-state index contributed by atoms with van der Waals surface area (Å²) in [7, 11) is 1.88. The highest BCUT2D eigenvalue weighted by molar-refractivity contribution is 5.80. The highest BCUT2D eigenvalue weighted by Crippen LogP contribution is 2.36. The Balaban J connectivity index is 1.82. The van der Waals surface area contributed by atoms with Gasteiger partial charge in [0.2, 0.25) is 0 Å². The molecule has 0 spiro atoms. The first-order valence-electron chi connectivity index (χ1n) is 8.65. The molecule has 0 aromatic carbocycles. The molecule has 0 radical (unpaired) electrons. The van der Waals surface area contributed by atoms with Crippen molar-refractivity contribution < 1.29 is 0 Å². The van der Waals surface area contributed by atoms with Crippen molar-refractivity contribution in [3.8, 4) is 0 Å². The van der Waals surface area contributed by atoms with Crippen molar-refractivity contribution in [2.24, 2.45) is 16.3 Å². The van der Waals surface area contributed by atoms with E-state index in [-0.39, 0.29) is 0 Å². The first-order chi connectivity index (χ1) is 9.93.